The predicted octanol–water partition coefficient (Wildman–Crippen LogP) is 5.79. The quantitative estimate of drug-likeness (QED) is 0.689. The second-order valence-electron chi connectivity index (χ2n) is 3.98. The second-order valence-corrected chi connectivity index (χ2v) is 5.64. The van der Waals surface area contributed by atoms with Gasteiger partial charge in [0.1, 0.15) is 12.4 Å². The number of hydrogen-bond acceptors (Lipinski definition) is 2. The maximum atomic E-state index is 6.00. The van der Waals surface area contributed by atoms with E-state index in [-0.39, 0.29) is 0 Å². The van der Waals surface area contributed by atoms with Gasteiger partial charge in [0.25, 0.3) is 0 Å². The highest BCUT2D eigenvalue weighted by Crippen LogP contribution is 2.27. The van der Waals surface area contributed by atoms with E-state index in [4.69, 9.17) is 51.1 Å². The van der Waals surface area contributed by atoms with E-state index >= 15 is 0 Å². The van der Waals surface area contributed by atoms with E-state index in [2.05, 4.69) is 5.32 Å². The van der Waals surface area contributed by atoms with Gasteiger partial charge in [-0.1, -0.05) is 46.4 Å². The molecule has 0 bridgehead atoms. The molecule has 2 aromatic rings. The molecule has 0 aliphatic heterocycles. The number of ether oxygens (including phenoxy) is 1. The number of hydrogen-bond donors (Lipinski definition) is 1. The van der Waals surface area contributed by atoms with E-state index in [1.165, 1.54) is 0 Å². The zero-order chi connectivity index (χ0) is 14.5. The zero-order valence-electron chi connectivity index (χ0n) is 10.3. The molecule has 0 radical (unpaired) electrons. The Morgan fingerprint density at radius 2 is 1.65 bits per heavy atom. The van der Waals surface area contributed by atoms with Crippen LogP contribution in [-0.4, -0.2) is 13.2 Å². The van der Waals surface area contributed by atoms with E-state index in [0.717, 1.165) is 5.69 Å². The van der Waals surface area contributed by atoms with Crippen LogP contribution in [0.2, 0.25) is 20.1 Å². The lowest BCUT2D eigenvalue weighted by Gasteiger charge is -2.10. The van der Waals surface area contributed by atoms with Gasteiger partial charge in [0.2, 0.25) is 0 Å². The molecule has 1 N–H and O–H groups in total. The lowest BCUT2D eigenvalue weighted by atomic mass is 10.3. The molecule has 0 spiro atoms. The lowest BCUT2D eigenvalue weighted by Crippen LogP contribution is -2.11. The molecule has 0 saturated carbocycles. The third-order valence-corrected chi connectivity index (χ3v) is 3.77. The first-order valence-corrected chi connectivity index (χ1v) is 7.34. The minimum Gasteiger partial charge on any atom is -0.490 e. The topological polar surface area (TPSA) is 21.3 Å². The summed E-state index contributed by atoms with van der Waals surface area (Å²) in [7, 11) is 0. The van der Waals surface area contributed by atoms with Gasteiger partial charge in [0, 0.05) is 17.3 Å². The summed E-state index contributed by atoms with van der Waals surface area (Å²) in [6.07, 6.45) is 0. The Hall–Kier alpha value is -0.800. The van der Waals surface area contributed by atoms with E-state index in [1.807, 2.05) is 6.07 Å². The van der Waals surface area contributed by atoms with Crippen LogP contribution in [0.5, 0.6) is 5.75 Å². The molecule has 2 aromatic carbocycles. The maximum Gasteiger partial charge on any atom is 0.138 e. The van der Waals surface area contributed by atoms with Crippen molar-refractivity contribution in [1.29, 1.82) is 0 Å². The highest BCUT2D eigenvalue weighted by atomic mass is 35.5. The van der Waals surface area contributed by atoms with Crippen molar-refractivity contribution in [3.05, 3.63) is 56.5 Å². The van der Waals surface area contributed by atoms with Gasteiger partial charge in [-0.15, -0.1) is 0 Å². The average molecular weight is 351 g/mol. The van der Waals surface area contributed by atoms with Gasteiger partial charge in [0.05, 0.1) is 15.1 Å². The van der Waals surface area contributed by atoms with Crippen molar-refractivity contribution in [2.45, 2.75) is 0 Å². The Balaban J connectivity index is 1.82. The molecule has 106 valence electrons. The Morgan fingerprint density at radius 3 is 2.35 bits per heavy atom. The smallest absolute Gasteiger partial charge is 0.138 e. The van der Waals surface area contributed by atoms with Crippen molar-refractivity contribution in [3.8, 4) is 5.75 Å². The van der Waals surface area contributed by atoms with Crippen LogP contribution >= 0.6 is 46.4 Å². The van der Waals surface area contributed by atoms with Crippen LogP contribution in [0.3, 0.4) is 0 Å². The molecule has 6 heteroatoms. The van der Waals surface area contributed by atoms with Gasteiger partial charge in [-0.05, 0) is 36.4 Å². The van der Waals surface area contributed by atoms with Gasteiger partial charge in [-0.25, -0.2) is 0 Å². The molecule has 0 saturated heterocycles. The number of nitrogens with one attached hydrogen (secondary N) is 1. The summed E-state index contributed by atoms with van der Waals surface area (Å²) in [6.45, 7) is 1.07. The Labute approximate surface area is 137 Å². The molecule has 0 heterocycles. The number of anilines is 1. The fraction of sp³-hybridized carbons (Fsp3) is 0.143. The largest absolute Gasteiger partial charge is 0.490 e. The molecule has 0 unspecified atom stereocenters. The predicted molar refractivity (Wildman–Crippen MR) is 86.9 cm³/mol. The van der Waals surface area contributed by atoms with Gasteiger partial charge in [-0.2, -0.15) is 0 Å². The molecule has 0 amide bonds. The molecule has 0 fully saturated rings. The van der Waals surface area contributed by atoms with Gasteiger partial charge >= 0.3 is 0 Å². The molecular weight excluding hydrogens is 340 g/mol. The third-order valence-electron chi connectivity index (χ3n) is 2.50. The SMILES string of the molecule is Clc1ccc(OCCNc2ccc(Cl)c(Cl)c2)c(Cl)c1. The number of halogens is 4. The molecule has 0 aliphatic rings. The fourth-order valence-electron chi connectivity index (χ4n) is 1.55. The van der Waals surface area contributed by atoms with Crippen LogP contribution in [-0.2, 0) is 0 Å². The van der Waals surface area contributed by atoms with E-state index in [9.17, 15) is 0 Å². The average Bonchev–Trinajstić information content (AvgIpc) is 2.40. The van der Waals surface area contributed by atoms with Crippen LogP contribution in [0.25, 0.3) is 0 Å². The summed E-state index contributed by atoms with van der Waals surface area (Å²) in [4.78, 5) is 0. The maximum absolute atomic E-state index is 6.00. The molecule has 2 rings (SSSR count). The van der Waals surface area contributed by atoms with E-state index in [1.54, 1.807) is 30.3 Å². The standard InChI is InChI=1S/C14H11Cl4NO/c15-9-1-4-14(13(18)7-9)20-6-5-19-10-2-3-11(16)12(17)8-10/h1-4,7-8,19H,5-6H2. The minimum absolute atomic E-state index is 0.460. The first-order chi connectivity index (χ1) is 9.56. The van der Waals surface area contributed by atoms with Crippen LogP contribution in [0.1, 0.15) is 0 Å². The van der Waals surface area contributed by atoms with Crippen molar-refractivity contribution >= 4 is 52.1 Å². The zero-order valence-corrected chi connectivity index (χ0v) is 13.3. The first-order valence-electron chi connectivity index (χ1n) is 5.83. The monoisotopic (exact) mass is 349 g/mol. The fourth-order valence-corrected chi connectivity index (χ4v) is 2.32. The van der Waals surface area contributed by atoms with E-state index < -0.39 is 0 Å². The van der Waals surface area contributed by atoms with Crippen LogP contribution < -0.4 is 10.1 Å². The van der Waals surface area contributed by atoms with Crippen molar-refractivity contribution in [2.75, 3.05) is 18.5 Å². The lowest BCUT2D eigenvalue weighted by molar-refractivity contribution is 0.333. The van der Waals surface area contributed by atoms with Crippen molar-refractivity contribution in [3.63, 3.8) is 0 Å². The van der Waals surface area contributed by atoms with Crippen molar-refractivity contribution in [1.82, 2.24) is 0 Å². The van der Waals surface area contributed by atoms with Crippen LogP contribution in [0.15, 0.2) is 36.4 Å². The number of rotatable bonds is 5. The molecule has 0 aliphatic carbocycles. The van der Waals surface area contributed by atoms with Crippen LogP contribution in [0.4, 0.5) is 5.69 Å². The Bertz CT molecular complexity index is 604. The summed E-state index contributed by atoms with van der Waals surface area (Å²) in [5.41, 5.74) is 0.880. The Morgan fingerprint density at radius 1 is 0.850 bits per heavy atom. The number of benzene rings is 2. The summed E-state index contributed by atoms with van der Waals surface area (Å²) in [5, 5.41) is 5.29. The molecule has 20 heavy (non-hydrogen) atoms. The summed E-state index contributed by atoms with van der Waals surface area (Å²) in [6, 6.07) is 10.5. The second kappa shape index (κ2) is 7.28. The van der Waals surface area contributed by atoms with Crippen molar-refractivity contribution < 1.29 is 4.74 Å². The molecule has 0 atom stereocenters. The van der Waals surface area contributed by atoms with Crippen molar-refractivity contribution in [2.24, 2.45) is 0 Å². The summed E-state index contributed by atoms with van der Waals surface area (Å²) < 4.78 is 5.56. The minimum atomic E-state index is 0.460. The normalized spacial score (nSPS) is 10.4. The molecule has 0 aromatic heterocycles. The summed E-state index contributed by atoms with van der Waals surface area (Å²) in [5.74, 6) is 0.604. The molecule has 2 nitrogen and oxygen atoms in total. The third kappa shape index (κ3) is 4.35. The van der Waals surface area contributed by atoms with Gasteiger partial charge < -0.3 is 10.1 Å². The van der Waals surface area contributed by atoms with Gasteiger partial charge in [0.15, 0.2) is 0 Å². The van der Waals surface area contributed by atoms with Crippen LogP contribution in [0, 0.1) is 0 Å². The summed E-state index contributed by atoms with van der Waals surface area (Å²) >= 11 is 23.6. The Kier molecular flexibility index (Phi) is 5.67. The van der Waals surface area contributed by atoms with Gasteiger partial charge in [-0.3, -0.25) is 0 Å². The highest BCUT2D eigenvalue weighted by Gasteiger charge is 2.02. The first kappa shape index (κ1) is 15.6. The molecular formula is C14H11Cl4NO. The van der Waals surface area contributed by atoms with E-state index in [0.29, 0.717) is 39.0 Å². The highest BCUT2D eigenvalue weighted by molar-refractivity contribution is 6.42.